The lowest BCUT2D eigenvalue weighted by molar-refractivity contribution is -0.131. The predicted octanol–water partition coefficient (Wildman–Crippen LogP) is 4.84. The van der Waals surface area contributed by atoms with Crippen molar-refractivity contribution in [3.05, 3.63) is 82.7 Å². The number of nitrogens with one attached hydrogen (secondary N) is 1. The lowest BCUT2D eigenvalue weighted by Gasteiger charge is -2.20. The number of benzene rings is 2. The number of ether oxygens (including phenoxy) is 1. The molecule has 2 aromatic carbocycles. The zero-order chi connectivity index (χ0) is 20.2. The van der Waals surface area contributed by atoms with E-state index in [1.807, 2.05) is 60.7 Å². The Morgan fingerprint density at radius 2 is 1.97 bits per heavy atom. The Kier molecular flexibility index (Phi) is 5.67. The zero-order valence-corrected chi connectivity index (χ0v) is 17.4. The van der Waals surface area contributed by atoms with Gasteiger partial charge in [0.1, 0.15) is 17.6 Å². The van der Waals surface area contributed by atoms with Crippen molar-refractivity contribution in [2.45, 2.75) is 12.5 Å². The van der Waals surface area contributed by atoms with E-state index in [2.05, 4.69) is 26.3 Å². The molecule has 7 heteroatoms. The van der Waals surface area contributed by atoms with Gasteiger partial charge in [0.15, 0.2) is 0 Å². The van der Waals surface area contributed by atoms with E-state index in [1.54, 1.807) is 13.4 Å². The van der Waals surface area contributed by atoms with Crippen molar-refractivity contribution in [2.24, 2.45) is 5.10 Å². The third kappa shape index (κ3) is 4.35. The second-order valence-electron chi connectivity index (χ2n) is 6.61. The largest absolute Gasteiger partial charge is 0.497 e. The van der Waals surface area contributed by atoms with Crippen molar-refractivity contribution in [3.63, 3.8) is 0 Å². The minimum Gasteiger partial charge on any atom is -0.497 e. The summed E-state index contributed by atoms with van der Waals surface area (Å²) in [5.41, 5.74) is 2.67. The van der Waals surface area contributed by atoms with E-state index >= 15 is 0 Å². The third-order valence-electron chi connectivity index (χ3n) is 4.75. The molecule has 0 aliphatic carbocycles. The van der Waals surface area contributed by atoms with Crippen molar-refractivity contribution in [3.8, 4) is 5.75 Å². The Hall–Kier alpha value is -3.06. The summed E-state index contributed by atoms with van der Waals surface area (Å²) in [6.07, 6.45) is 2.20. The molecule has 3 aromatic rings. The number of furan rings is 1. The van der Waals surface area contributed by atoms with Gasteiger partial charge in [-0.25, -0.2) is 5.01 Å². The van der Waals surface area contributed by atoms with Crippen LogP contribution in [0.5, 0.6) is 5.75 Å². The topological polar surface area (TPSA) is 67.1 Å². The van der Waals surface area contributed by atoms with Crippen LogP contribution in [0.4, 0.5) is 5.69 Å². The van der Waals surface area contributed by atoms with Gasteiger partial charge in [-0.2, -0.15) is 5.10 Å². The summed E-state index contributed by atoms with van der Waals surface area (Å²) in [5, 5.41) is 9.30. The van der Waals surface area contributed by atoms with Crippen LogP contribution in [0, 0.1) is 0 Å². The SMILES string of the molecule is COc1ccc(C2=NN(C(=O)CNc3ccc(Br)cc3)C(c3ccco3)C2)cc1. The Bertz CT molecular complexity index is 999. The number of carbonyl (C=O) groups is 1. The van der Waals surface area contributed by atoms with E-state index in [-0.39, 0.29) is 18.5 Å². The predicted molar refractivity (Wildman–Crippen MR) is 115 cm³/mol. The molecule has 0 spiro atoms. The van der Waals surface area contributed by atoms with Gasteiger partial charge in [0.05, 0.1) is 25.6 Å². The molecule has 29 heavy (non-hydrogen) atoms. The molecule has 1 atom stereocenters. The van der Waals surface area contributed by atoms with Crippen molar-refractivity contribution >= 4 is 33.2 Å². The first-order valence-corrected chi connectivity index (χ1v) is 10.00. The number of nitrogens with zero attached hydrogens (tertiary/aromatic N) is 2. The van der Waals surface area contributed by atoms with Crippen molar-refractivity contribution < 1.29 is 13.9 Å². The standard InChI is InChI=1S/C22H20BrN3O3/c1-28-18-10-4-15(5-11-18)19-13-20(21-3-2-12-29-21)26(25-19)22(27)14-24-17-8-6-16(23)7-9-17/h2-12,20,24H,13-14H2,1H3. The molecule has 1 aromatic heterocycles. The highest BCUT2D eigenvalue weighted by molar-refractivity contribution is 9.10. The van der Waals surface area contributed by atoms with Gasteiger partial charge in [-0.1, -0.05) is 15.9 Å². The fraction of sp³-hybridized carbons (Fsp3) is 0.182. The maximum absolute atomic E-state index is 13.0. The van der Waals surface area contributed by atoms with Gasteiger partial charge >= 0.3 is 0 Å². The lowest BCUT2D eigenvalue weighted by atomic mass is 10.0. The number of anilines is 1. The molecular weight excluding hydrogens is 434 g/mol. The first kappa shape index (κ1) is 19.3. The van der Waals surface area contributed by atoms with E-state index in [1.165, 1.54) is 5.01 Å². The molecule has 2 heterocycles. The van der Waals surface area contributed by atoms with Crippen LogP contribution in [0.25, 0.3) is 0 Å². The maximum Gasteiger partial charge on any atom is 0.262 e. The lowest BCUT2D eigenvalue weighted by Crippen LogP contribution is -2.32. The smallest absolute Gasteiger partial charge is 0.262 e. The fourth-order valence-corrected chi connectivity index (χ4v) is 3.49. The van der Waals surface area contributed by atoms with E-state index in [9.17, 15) is 4.79 Å². The summed E-state index contributed by atoms with van der Waals surface area (Å²) < 4.78 is 11.8. The number of hydrogen-bond donors (Lipinski definition) is 1. The van der Waals surface area contributed by atoms with Gasteiger partial charge in [0, 0.05) is 16.6 Å². The number of hydrogen-bond acceptors (Lipinski definition) is 5. The number of amides is 1. The minimum atomic E-state index is -0.263. The van der Waals surface area contributed by atoms with Gasteiger partial charge in [0.2, 0.25) is 0 Å². The monoisotopic (exact) mass is 453 g/mol. The molecule has 1 aliphatic heterocycles. The van der Waals surface area contributed by atoms with Crippen molar-refractivity contribution in [1.29, 1.82) is 0 Å². The van der Waals surface area contributed by atoms with Crippen LogP contribution in [-0.2, 0) is 4.79 Å². The normalized spacial score (nSPS) is 15.9. The summed E-state index contributed by atoms with van der Waals surface area (Å²) in [5.74, 6) is 1.37. The average molecular weight is 454 g/mol. The van der Waals surface area contributed by atoms with Crippen LogP contribution in [0.15, 0.2) is 80.9 Å². The van der Waals surface area contributed by atoms with Gasteiger partial charge in [0.25, 0.3) is 5.91 Å². The van der Waals surface area contributed by atoms with E-state index in [4.69, 9.17) is 9.15 Å². The summed E-state index contributed by atoms with van der Waals surface area (Å²) in [6.45, 7) is 0.137. The average Bonchev–Trinajstić information content (AvgIpc) is 3.43. The molecule has 1 aliphatic rings. The Balaban J connectivity index is 1.53. The van der Waals surface area contributed by atoms with E-state index in [0.29, 0.717) is 12.2 Å². The fourth-order valence-electron chi connectivity index (χ4n) is 3.23. The highest BCUT2D eigenvalue weighted by Gasteiger charge is 2.34. The number of carbonyl (C=O) groups excluding carboxylic acids is 1. The van der Waals surface area contributed by atoms with E-state index in [0.717, 1.165) is 27.2 Å². The molecule has 0 bridgehead atoms. The molecule has 4 rings (SSSR count). The molecule has 0 saturated carbocycles. The van der Waals surface area contributed by atoms with Gasteiger partial charge in [-0.05, 0) is 66.2 Å². The van der Waals surface area contributed by atoms with Crippen LogP contribution < -0.4 is 10.1 Å². The molecule has 0 radical (unpaired) electrons. The Morgan fingerprint density at radius 1 is 1.21 bits per heavy atom. The summed E-state index contributed by atoms with van der Waals surface area (Å²) in [7, 11) is 1.63. The summed E-state index contributed by atoms with van der Waals surface area (Å²) in [6, 6.07) is 18.8. The van der Waals surface area contributed by atoms with Crippen LogP contribution in [-0.4, -0.2) is 30.3 Å². The van der Waals surface area contributed by atoms with Crippen molar-refractivity contribution in [2.75, 3.05) is 19.0 Å². The van der Waals surface area contributed by atoms with Gasteiger partial charge < -0.3 is 14.5 Å². The molecule has 6 nitrogen and oxygen atoms in total. The third-order valence-corrected chi connectivity index (χ3v) is 5.28. The quantitative estimate of drug-likeness (QED) is 0.579. The molecule has 0 fully saturated rings. The minimum absolute atomic E-state index is 0.127. The van der Waals surface area contributed by atoms with Crippen molar-refractivity contribution in [1.82, 2.24) is 5.01 Å². The molecule has 0 saturated heterocycles. The number of halogens is 1. The first-order chi connectivity index (χ1) is 14.1. The van der Waals surface area contributed by atoms with Crippen LogP contribution in [0.1, 0.15) is 23.8 Å². The molecule has 1 N–H and O–H groups in total. The van der Waals surface area contributed by atoms with Crippen LogP contribution >= 0.6 is 15.9 Å². The molecular formula is C22H20BrN3O3. The first-order valence-electron chi connectivity index (χ1n) is 9.21. The van der Waals surface area contributed by atoms with Gasteiger partial charge in [-0.15, -0.1) is 0 Å². The molecule has 1 unspecified atom stereocenters. The second-order valence-corrected chi connectivity index (χ2v) is 7.52. The second kappa shape index (κ2) is 8.53. The molecule has 148 valence electrons. The number of methoxy groups -OCH3 is 1. The number of rotatable bonds is 6. The molecule has 1 amide bonds. The highest BCUT2D eigenvalue weighted by atomic mass is 79.9. The Labute approximate surface area is 177 Å². The van der Waals surface area contributed by atoms with E-state index < -0.39 is 0 Å². The van der Waals surface area contributed by atoms with Gasteiger partial charge in [-0.3, -0.25) is 4.79 Å². The summed E-state index contributed by atoms with van der Waals surface area (Å²) >= 11 is 3.41. The summed E-state index contributed by atoms with van der Waals surface area (Å²) in [4.78, 5) is 13.0. The Morgan fingerprint density at radius 3 is 2.62 bits per heavy atom. The maximum atomic E-state index is 13.0. The highest BCUT2D eigenvalue weighted by Crippen LogP contribution is 2.33. The van der Waals surface area contributed by atoms with Crippen LogP contribution in [0.3, 0.4) is 0 Å². The van der Waals surface area contributed by atoms with Crippen LogP contribution in [0.2, 0.25) is 0 Å². The number of hydrazone groups is 1. The zero-order valence-electron chi connectivity index (χ0n) is 15.8.